The van der Waals surface area contributed by atoms with Gasteiger partial charge in [0.05, 0.1) is 6.61 Å². The Morgan fingerprint density at radius 2 is 1.81 bits per heavy atom. The zero-order valence-electron chi connectivity index (χ0n) is 14.0. The summed E-state index contributed by atoms with van der Waals surface area (Å²) in [5.74, 6) is 1.79. The van der Waals surface area contributed by atoms with Gasteiger partial charge < -0.3 is 15.4 Å². The van der Waals surface area contributed by atoms with Gasteiger partial charge in [-0.25, -0.2) is 0 Å². The van der Waals surface area contributed by atoms with Crippen LogP contribution in [0.5, 0.6) is 5.75 Å². The maximum atomic E-state index is 5.70. The van der Waals surface area contributed by atoms with Crippen molar-refractivity contribution in [3.05, 3.63) is 29.8 Å². The first-order chi connectivity index (χ1) is 9.90. The van der Waals surface area contributed by atoms with Crippen LogP contribution in [0.2, 0.25) is 0 Å². The Morgan fingerprint density at radius 1 is 1.14 bits per heavy atom. The van der Waals surface area contributed by atoms with E-state index in [1.807, 2.05) is 12.1 Å². The lowest BCUT2D eigenvalue weighted by molar-refractivity contribution is 0.307. The summed E-state index contributed by atoms with van der Waals surface area (Å²) in [6.45, 7) is 10.1. The lowest BCUT2D eigenvalue weighted by Gasteiger charge is -2.23. The minimum atomic E-state index is 0.0242. The maximum absolute atomic E-state index is 5.70. The second-order valence-corrected chi connectivity index (χ2v) is 6.24. The van der Waals surface area contributed by atoms with Crippen LogP contribution >= 0.6 is 0 Å². The molecule has 1 aromatic carbocycles. The fourth-order valence-corrected chi connectivity index (χ4v) is 1.79. The highest BCUT2D eigenvalue weighted by Crippen LogP contribution is 2.11. The van der Waals surface area contributed by atoms with Gasteiger partial charge in [0.1, 0.15) is 5.75 Å². The number of hydrogen-bond donors (Lipinski definition) is 2. The molecular formula is C17H29N3O. The van der Waals surface area contributed by atoms with Crippen molar-refractivity contribution < 1.29 is 4.74 Å². The van der Waals surface area contributed by atoms with Crippen LogP contribution in [-0.2, 0) is 0 Å². The minimum absolute atomic E-state index is 0.0242. The highest BCUT2D eigenvalue weighted by molar-refractivity contribution is 5.80. The number of hydrogen-bond acceptors (Lipinski definition) is 2. The summed E-state index contributed by atoms with van der Waals surface area (Å²) >= 11 is 0. The van der Waals surface area contributed by atoms with E-state index < -0.39 is 0 Å². The van der Waals surface area contributed by atoms with E-state index in [1.54, 1.807) is 7.05 Å². The van der Waals surface area contributed by atoms with Crippen LogP contribution in [-0.4, -0.2) is 31.7 Å². The first kappa shape index (κ1) is 17.3. The molecule has 2 N–H and O–H groups in total. The lowest BCUT2D eigenvalue weighted by Crippen LogP contribution is -2.47. The lowest BCUT2D eigenvalue weighted by atomic mass is 10.1. The van der Waals surface area contributed by atoms with E-state index in [4.69, 9.17) is 4.74 Å². The molecule has 21 heavy (non-hydrogen) atoms. The normalized spacial score (nSPS) is 12.1. The van der Waals surface area contributed by atoms with Crippen LogP contribution in [0, 0.1) is 6.92 Å². The van der Waals surface area contributed by atoms with Crippen molar-refractivity contribution >= 4 is 5.96 Å². The molecule has 118 valence electrons. The highest BCUT2D eigenvalue weighted by atomic mass is 16.5. The predicted molar refractivity (Wildman–Crippen MR) is 90.2 cm³/mol. The molecule has 4 heteroatoms. The van der Waals surface area contributed by atoms with Crippen molar-refractivity contribution in [2.24, 2.45) is 4.99 Å². The summed E-state index contributed by atoms with van der Waals surface area (Å²) in [6, 6.07) is 8.17. The van der Waals surface area contributed by atoms with E-state index in [2.05, 4.69) is 55.5 Å². The minimum Gasteiger partial charge on any atom is -0.494 e. The summed E-state index contributed by atoms with van der Waals surface area (Å²) in [7, 11) is 1.79. The molecule has 0 fully saturated rings. The molecule has 0 aliphatic heterocycles. The molecule has 4 nitrogen and oxygen atoms in total. The smallest absolute Gasteiger partial charge is 0.191 e. The number of nitrogens with one attached hydrogen (secondary N) is 2. The molecule has 0 unspecified atom stereocenters. The molecule has 0 spiro atoms. The summed E-state index contributed by atoms with van der Waals surface area (Å²) in [6.07, 6.45) is 2.07. The van der Waals surface area contributed by atoms with Crippen molar-refractivity contribution in [1.29, 1.82) is 0 Å². The number of nitrogens with zero attached hydrogens (tertiary/aromatic N) is 1. The number of aryl methyl sites for hydroxylation is 1. The quantitative estimate of drug-likeness (QED) is 0.481. The van der Waals surface area contributed by atoms with Crippen molar-refractivity contribution in [3.8, 4) is 5.75 Å². The predicted octanol–water partition coefficient (Wildman–Crippen LogP) is 3.12. The van der Waals surface area contributed by atoms with Crippen LogP contribution in [0.3, 0.4) is 0 Å². The summed E-state index contributed by atoms with van der Waals surface area (Å²) < 4.78 is 5.70. The van der Waals surface area contributed by atoms with Crippen molar-refractivity contribution in [2.75, 3.05) is 20.2 Å². The third-order valence-electron chi connectivity index (χ3n) is 2.87. The third-order valence-corrected chi connectivity index (χ3v) is 2.87. The molecule has 1 rings (SSSR count). The van der Waals surface area contributed by atoms with Crippen LogP contribution in [0.25, 0.3) is 0 Å². The Kier molecular flexibility index (Phi) is 7.06. The first-order valence-electron chi connectivity index (χ1n) is 7.59. The number of aliphatic imine (C=N–C) groups is 1. The van der Waals surface area contributed by atoms with E-state index in [9.17, 15) is 0 Å². The Balaban J connectivity index is 2.12. The Bertz CT molecular complexity index is 432. The van der Waals surface area contributed by atoms with Gasteiger partial charge in [0, 0.05) is 19.1 Å². The largest absolute Gasteiger partial charge is 0.494 e. The topological polar surface area (TPSA) is 45.7 Å². The Hall–Kier alpha value is -1.71. The van der Waals surface area contributed by atoms with Crippen LogP contribution in [0.15, 0.2) is 29.3 Å². The maximum Gasteiger partial charge on any atom is 0.191 e. The van der Waals surface area contributed by atoms with Crippen LogP contribution in [0.1, 0.15) is 39.2 Å². The summed E-state index contributed by atoms with van der Waals surface area (Å²) in [4.78, 5) is 4.21. The standard InChI is InChI=1S/C17H29N3O/c1-14-8-10-15(11-9-14)21-13-7-6-12-19-16(18-5)20-17(2,3)4/h8-11H,6-7,12-13H2,1-5H3,(H2,18,19,20). The van der Waals surface area contributed by atoms with E-state index in [1.165, 1.54) is 5.56 Å². The van der Waals surface area contributed by atoms with Gasteiger partial charge in [0.15, 0.2) is 5.96 Å². The van der Waals surface area contributed by atoms with E-state index in [0.717, 1.165) is 37.7 Å². The van der Waals surface area contributed by atoms with Crippen LogP contribution < -0.4 is 15.4 Å². The second kappa shape index (κ2) is 8.55. The van der Waals surface area contributed by atoms with Gasteiger partial charge in [-0.1, -0.05) is 17.7 Å². The molecule has 0 amide bonds. The molecule has 0 radical (unpaired) electrons. The number of benzene rings is 1. The van der Waals surface area contributed by atoms with Gasteiger partial charge in [-0.15, -0.1) is 0 Å². The third kappa shape index (κ3) is 8.23. The molecule has 1 aromatic rings. The number of ether oxygens (including phenoxy) is 1. The first-order valence-corrected chi connectivity index (χ1v) is 7.59. The SMILES string of the molecule is CN=C(NCCCCOc1ccc(C)cc1)NC(C)(C)C. The molecule has 0 saturated carbocycles. The van der Waals surface area contributed by atoms with Crippen molar-refractivity contribution in [3.63, 3.8) is 0 Å². The van der Waals surface area contributed by atoms with Crippen molar-refractivity contribution in [1.82, 2.24) is 10.6 Å². The van der Waals surface area contributed by atoms with E-state index in [-0.39, 0.29) is 5.54 Å². The molecule has 0 saturated heterocycles. The summed E-state index contributed by atoms with van der Waals surface area (Å²) in [5.41, 5.74) is 1.28. The average Bonchev–Trinajstić information content (AvgIpc) is 2.42. The zero-order valence-corrected chi connectivity index (χ0v) is 14.0. The number of unbranched alkanes of at least 4 members (excludes halogenated alkanes) is 1. The van der Waals surface area contributed by atoms with Gasteiger partial charge in [-0.3, -0.25) is 4.99 Å². The fraction of sp³-hybridized carbons (Fsp3) is 0.588. The Morgan fingerprint density at radius 3 is 2.38 bits per heavy atom. The molecule has 0 aromatic heterocycles. The van der Waals surface area contributed by atoms with Crippen LogP contribution in [0.4, 0.5) is 0 Å². The Labute approximate surface area is 129 Å². The van der Waals surface area contributed by atoms with E-state index >= 15 is 0 Å². The van der Waals surface area contributed by atoms with Crippen molar-refractivity contribution in [2.45, 2.75) is 46.1 Å². The van der Waals surface area contributed by atoms with E-state index in [0.29, 0.717) is 0 Å². The fourth-order valence-electron chi connectivity index (χ4n) is 1.79. The van der Waals surface area contributed by atoms with Gasteiger partial charge >= 0.3 is 0 Å². The monoisotopic (exact) mass is 291 g/mol. The summed E-state index contributed by atoms with van der Waals surface area (Å²) in [5, 5.41) is 6.65. The second-order valence-electron chi connectivity index (χ2n) is 6.24. The highest BCUT2D eigenvalue weighted by Gasteiger charge is 2.10. The average molecular weight is 291 g/mol. The number of rotatable bonds is 6. The van der Waals surface area contributed by atoms with Gasteiger partial charge in [0.25, 0.3) is 0 Å². The zero-order chi connectivity index (χ0) is 15.7. The van der Waals surface area contributed by atoms with Gasteiger partial charge in [0.2, 0.25) is 0 Å². The molecular weight excluding hydrogens is 262 g/mol. The molecule has 0 bridgehead atoms. The molecule has 0 heterocycles. The molecule has 0 aliphatic carbocycles. The molecule has 0 aliphatic rings. The molecule has 0 atom stereocenters. The number of guanidine groups is 1. The van der Waals surface area contributed by atoms with Gasteiger partial charge in [-0.2, -0.15) is 0 Å². The van der Waals surface area contributed by atoms with Gasteiger partial charge in [-0.05, 0) is 52.7 Å².